The number of amides is 4. The van der Waals surface area contributed by atoms with Crippen LogP contribution < -0.4 is 10.6 Å². The minimum Gasteiger partial charge on any atom is -0.341 e. The maximum absolute atomic E-state index is 12.6. The molecule has 7 heteroatoms. The molecule has 0 aromatic heterocycles. The molecule has 1 heterocycles. The molecule has 2 aliphatic rings. The third-order valence-corrected chi connectivity index (χ3v) is 6.05. The van der Waals surface area contributed by atoms with Gasteiger partial charge in [-0.3, -0.25) is 24.1 Å². The Hall–Kier alpha value is -3.48. The molecule has 2 aromatic rings. The predicted molar refractivity (Wildman–Crippen MR) is 115 cm³/mol. The number of hydrogen-bond acceptors (Lipinski definition) is 4. The van der Waals surface area contributed by atoms with Crippen LogP contribution in [0.4, 0.5) is 5.69 Å². The summed E-state index contributed by atoms with van der Waals surface area (Å²) >= 11 is 0. The number of para-hydroxylation sites is 1. The minimum absolute atomic E-state index is 0.0730. The third-order valence-electron chi connectivity index (χ3n) is 6.05. The molecule has 0 bridgehead atoms. The van der Waals surface area contributed by atoms with Crippen LogP contribution in [0.1, 0.15) is 61.3 Å². The molecule has 0 spiro atoms. The second-order valence-corrected chi connectivity index (χ2v) is 8.12. The van der Waals surface area contributed by atoms with Crippen molar-refractivity contribution < 1.29 is 19.2 Å². The lowest BCUT2D eigenvalue weighted by atomic mass is 9.81. The molecule has 1 aliphatic carbocycles. The normalized spacial score (nSPS) is 20.4. The standard InChI is InChI=1S/C24H25N3O4/c1-15-10-11-20(18-8-4-3-7-17(15)18)26-24(31)23(30)25-19-9-5-2-6-16(19)14-27-21(28)12-13-22(27)29/h2-9,15,20H,10-14H2,1H3,(H,25,30)(H,26,31). The average molecular weight is 419 g/mol. The number of rotatable bonds is 4. The Bertz CT molecular complexity index is 1030. The summed E-state index contributed by atoms with van der Waals surface area (Å²) in [5, 5.41) is 5.49. The van der Waals surface area contributed by atoms with Crippen molar-refractivity contribution in [3.63, 3.8) is 0 Å². The van der Waals surface area contributed by atoms with Gasteiger partial charge in [-0.05, 0) is 41.5 Å². The zero-order chi connectivity index (χ0) is 22.0. The Balaban J connectivity index is 1.45. The Morgan fingerprint density at radius 2 is 1.55 bits per heavy atom. The first kappa shape index (κ1) is 20.8. The SMILES string of the molecule is CC1CCC(NC(=O)C(=O)Nc2ccccc2CN2C(=O)CCC2=O)c2ccccc21. The van der Waals surface area contributed by atoms with Gasteiger partial charge in [-0.1, -0.05) is 49.4 Å². The van der Waals surface area contributed by atoms with E-state index in [4.69, 9.17) is 0 Å². The summed E-state index contributed by atoms with van der Waals surface area (Å²) in [4.78, 5) is 50.3. The minimum atomic E-state index is -0.775. The first-order valence-electron chi connectivity index (χ1n) is 10.6. The number of carbonyl (C=O) groups is 4. The fraction of sp³-hybridized carbons (Fsp3) is 0.333. The fourth-order valence-corrected chi connectivity index (χ4v) is 4.31. The number of imide groups is 1. The van der Waals surface area contributed by atoms with Gasteiger partial charge in [-0.25, -0.2) is 0 Å². The quantitative estimate of drug-likeness (QED) is 0.588. The number of benzene rings is 2. The number of carbonyl (C=O) groups excluding carboxylic acids is 4. The summed E-state index contributed by atoms with van der Waals surface area (Å²) in [7, 11) is 0. The van der Waals surface area contributed by atoms with E-state index in [1.807, 2.05) is 18.2 Å². The van der Waals surface area contributed by atoms with Crippen molar-refractivity contribution in [2.45, 2.75) is 51.1 Å². The fourth-order valence-electron chi connectivity index (χ4n) is 4.31. The first-order chi connectivity index (χ1) is 14.9. The number of nitrogens with zero attached hydrogens (tertiary/aromatic N) is 1. The van der Waals surface area contributed by atoms with Gasteiger partial charge in [0, 0.05) is 18.5 Å². The molecule has 1 aliphatic heterocycles. The van der Waals surface area contributed by atoms with Gasteiger partial charge in [0.25, 0.3) is 0 Å². The second-order valence-electron chi connectivity index (χ2n) is 8.12. The van der Waals surface area contributed by atoms with E-state index in [0.29, 0.717) is 17.2 Å². The lowest BCUT2D eigenvalue weighted by Crippen LogP contribution is -2.39. The van der Waals surface area contributed by atoms with Crippen LogP contribution in [0.15, 0.2) is 48.5 Å². The van der Waals surface area contributed by atoms with Gasteiger partial charge >= 0.3 is 11.8 Å². The van der Waals surface area contributed by atoms with Gasteiger partial charge in [0.05, 0.1) is 12.6 Å². The summed E-state index contributed by atoms with van der Waals surface area (Å²) < 4.78 is 0. The van der Waals surface area contributed by atoms with E-state index in [0.717, 1.165) is 18.4 Å². The van der Waals surface area contributed by atoms with Crippen molar-refractivity contribution in [3.8, 4) is 0 Å². The predicted octanol–water partition coefficient (Wildman–Crippen LogP) is 3.03. The second kappa shape index (κ2) is 8.71. The molecule has 2 N–H and O–H groups in total. The van der Waals surface area contributed by atoms with Gasteiger partial charge in [0.15, 0.2) is 0 Å². The molecular weight excluding hydrogens is 394 g/mol. The third kappa shape index (κ3) is 4.35. The topological polar surface area (TPSA) is 95.6 Å². The van der Waals surface area contributed by atoms with Gasteiger partial charge in [-0.15, -0.1) is 0 Å². The Labute approximate surface area is 180 Å². The number of likely N-dealkylation sites (tertiary alicyclic amines) is 1. The molecule has 31 heavy (non-hydrogen) atoms. The molecule has 4 rings (SSSR count). The largest absolute Gasteiger partial charge is 0.341 e. The van der Waals surface area contributed by atoms with Crippen LogP contribution >= 0.6 is 0 Å². The van der Waals surface area contributed by atoms with Crippen LogP contribution in [0, 0.1) is 0 Å². The summed E-state index contributed by atoms with van der Waals surface area (Å²) in [5.74, 6) is -1.52. The van der Waals surface area contributed by atoms with E-state index in [1.54, 1.807) is 24.3 Å². The monoisotopic (exact) mass is 419 g/mol. The van der Waals surface area contributed by atoms with E-state index in [1.165, 1.54) is 10.5 Å². The molecule has 0 saturated carbocycles. The molecule has 2 aromatic carbocycles. The summed E-state index contributed by atoms with van der Waals surface area (Å²) in [6, 6.07) is 14.6. The van der Waals surface area contributed by atoms with Crippen molar-refractivity contribution in [2.75, 3.05) is 5.32 Å². The van der Waals surface area contributed by atoms with Gasteiger partial charge in [0.1, 0.15) is 0 Å². The van der Waals surface area contributed by atoms with Crippen LogP contribution in [0.2, 0.25) is 0 Å². The molecule has 1 fully saturated rings. The number of hydrogen-bond donors (Lipinski definition) is 2. The highest BCUT2D eigenvalue weighted by Crippen LogP contribution is 2.36. The van der Waals surface area contributed by atoms with Crippen LogP contribution in [-0.4, -0.2) is 28.5 Å². The number of fused-ring (bicyclic) bond motifs is 1. The van der Waals surface area contributed by atoms with E-state index in [-0.39, 0.29) is 37.2 Å². The molecular formula is C24H25N3O4. The number of anilines is 1. The van der Waals surface area contributed by atoms with Crippen molar-refractivity contribution in [2.24, 2.45) is 0 Å². The van der Waals surface area contributed by atoms with Crippen LogP contribution in [-0.2, 0) is 25.7 Å². The van der Waals surface area contributed by atoms with Crippen LogP contribution in [0.5, 0.6) is 0 Å². The van der Waals surface area contributed by atoms with Crippen molar-refractivity contribution >= 4 is 29.3 Å². The highest BCUT2D eigenvalue weighted by molar-refractivity contribution is 6.39. The Morgan fingerprint density at radius 1 is 0.903 bits per heavy atom. The highest BCUT2D eigenvalue weighted by atomic mass is 16.2. The van der Waals surface area contributed by atoms with E-state index >= 15 is 0 Å². The molecule has 7 nitrogen and oxygen atoms in total. The van der Waals surface area contributed by atoms with Crippen LogP contribution in [0.25, 0.3) is 0 Å². The van der Waals surface area contributed by atoms with E-state index < -0.39 is 11.8 Å². The molecule has 2 unspecified atom stereocenters. The highest BCUT2D eigenvalue weighted by Gasteiger charge is 2.30. The zero-order valence-electron chi connectivity index (χ0n) is 17.4. The lowest BCUT2D eigenvalue weighted by molar-refractivity contribution is -0.139. The molecule has 4 amide bonds. The zero-order valence-corrected chi connectivity index (χ0v) is 17.4. The Kier molecular flexibility index (Phi) is 5.84. The molecule has 0 radical (unpaired) electrons. The maximum Gasteiger partial charge on any atom is 0.313 e. The van der Waals surface area contributed by atoms with Crippen molar-refractivity contribution in [3.05, 3.63) is 65.2 Å². The Morgan fingerprint density at radius 3 is 2.29 bits per heavy atom. The maximum atomic E-state index is 12.6. The van der Waals surface area contributed by atoms with E-state index in [2.05, 4.69) is 23.6 Å². The summed E-state index contributed by atoms with van der Waals surface area (Å²) in [6.45, 7) is 2.24. The average Bonchev–Trinajstić information content (AvgIpc) is 3.09. The van der Waals surface area contributed by atoms with Gasteiger partial charge in [0.2, 0.25) is 11.8 Å². The van der Waals surface area contributed by atoms with Gasteiger partial charge < -0.3 is 10.6 Å². The number of nitrogens with one attached hydrogen (secondary N) is 2. The summed E-state index contributed by atoms with van der Waals surface area (Å²) in [6.07, 6.45) is 2.12. The molecule has 1 saturated heterocycles. The molecule has 160 valence electrons. The summed E-state index contributed by atoms with van der Waals surface area (Å²) in [5.41, 5.74) is 3.26. The van der Waals surface area contributed by atoms with Crippen LogP contribution in [0.3, 0.4) is 0 Å². The van der Waals surface area contributed by atoms with Crippen molar-refractivity contribution in [1.29, 1.82) is 0 Å². The smallest absolute Gasteiger partial charge is 0.313 e. The van der Waals surface area contributed by atoms with E-state index in [9.17, 15) is 19.2 Å². The lowest BCUT2D eigenvalue weighted by Gasteiger charge is -2.30. The van der Waals surface area contributed by atoms with Crippen molar-refractivity contribution in [1.82, 2.24) is 10.2 Å². The van der Waals surface area contributed by atoms with Gasteiger partial charge in [-0.2, -0.15) is 0 Å². The molecule has 2 atom stereocenters. The first-order valence-corrected chi connectivity index (χ1v) is 10.6.